The van der Waals surface area contributed by atoms with Crippen LogP contribution in [-0.4, -0.2) is 11.8 Å². The van der Waals surface area contributed by atoms with Gasteiger partial charge in [0.2, 0.25) is 17.6 Å². The Morgan fingerprint density at radius 3 is 1.39 bits per heavy atom. The molecule has 36 heavy (non-hydrogen) atoms. The molecule has 1 saturated heterocycles. The summed E-state index contributed by atoms with van der Waals surface area (Å²) < 4.78 is 70.4. The molecule has 6 rings (SSSR count). The zero-order valence-electron chi connectivity index (χ0n) is 18.4. The number of anilines is 1. The van der Waals surface area contributed by atoms with Crippen LogP contribution in [0.15, 0.2) is 78.4 Å². The summed E-state index contributed by atoms with van der Waals surface area (Å²) in [5.74, 6) is -16.3. The van der Waals surface area contributed by atoms with E-state index in [9.17, 15) is 31.5 Å². The molecule has 0 radical (unpaired) electrons. The highest BCUT2D eigenvalue weighted by Crippen LogP contribution is 2.59. The van der Waals surface area contributed by atoms with Gasteiger partial charge >= 0.3 is 0 Å². The minimum absolute atomic E-state index is 0.139. The number of hydrogen-bond donors (Lipinski definition) is 0. The molecule has 2 fully saturated rings. The van der Waals surface area contributed by atoms with Crippen LogP contribution in [0, 0.1) is 52.8 Å². The normalized spacial score (nSPS) is 24.1. The van der Waals surface area contributed by atoms with Gasteiger partial charge in [-0.1, -0.05) is 72.8 Å². The fraction of sp³-hybridized carbons (Fsp3) is 0.143. The summed E-state index contributed by atoms with van der Waals surface area (Å²) in [5.41, 5.74) is 1.88. The number of halogens is 5. The Labute approximate surface area is 202 Å². The molecule has 3 aromatic carbocycles. The molecule has 2 bridgehead atoms. The minimum Gasteiger partial charge on any atom is -0.274 e. The van der Waals surface area contributed by atoms with Crippen molar-refractivity contribution in [3.8, 4) is 0 Å². The third-order valence-electron chi connectivity index (χ3n) is 7.24. The van der Waals surface area contributed by atoms with Crippen molar-refractivity contribution >= 4 is 23.1 Å². The van der Waals surface area contributed by atoms with E-state index in [2.05, 4.69) is 0 Å². The van der Waals surface area contributed by atoms with Gasteiger partial charge < -0.3 is 0 Å². The van der Waals surface area contributed by atoms with Gasteiger partial charge in [-0.05, 0) is 22.3 Å². The van der Waals surface area contributed by atoms with Crippen LogP contribution in [0.25, 0.3) is 5.57 Å². The first-order valence-corrected chi connectivity index (χ1v) is 11.3. The van der Waals surface area contributed by atoms with Crippen molar-refractivity contribution in [3.05, 3.63) is 119 Å². The highest BCUT2D eigenvalue weighted by Gasteiger charge is 2.63. The lowest BCUT2D eigenvalue weighted by atomic mass is 9.85. The molecule has 3 aliphatic rings. The van der Waals surface area contributed by atoms with E-state index >= 15 is 0 Å². The van der Waals surface area contributed by atoms with Gasteiger partial charge in [-0.15, -0.1) is 0 Å². The summed E-state index contributed by atoms with van der Waals surface area (Å²) in [6.07, 6.45) is 3.56. The molecular formula is C28H16F5NO2. The number of rotatable bonds is 3. The second-order valence-corrected chi connectivity index (χ2v) is 8.98. The van der Waals surface area contributed by atoms with E-state index in [1.807, 2.05) is 60.7 Å². The number of amides is 2. The maximum Gasteiger partial charge on any atom is 0.238 e. The van der Waals surface area contributed by atoms with Crippen LogP contribution in [0.3, 0.4) is 0 Å². The van der Waals surface area contributed by atoms with Gasteiger partial charge in [0.25, 0.3) is 0 Å². The highest BCUT2D eigenvalue weighted by molar-refractivity contribution is 6.23. The van der Waals surface area contributed by atoms with Crippen molar-refractivity contribution < 1.29 is 31.5 Å². The lowest BCUT2D eigenvalue weighted by Gasteiger charge is -2.22. The molecule has 3 aromatic rings. The first kappa shape index (κ1) is 22.4. The molecule has 1 saturated carbocycles. The van der Waals surface area contributed by atoms with Gasteiger partial charge in [0.05, 0.1) is 11.8 Å². The topological polar surface area (TPSA) is 37.4 Å². The lowest BCUT2D eigenvalue weighted by Crippen LogP contribution is -2.35. The SMILES string of the molecule is O=C1[C@H]2[C@H](C(=O)N1c1c(F)c(F)c(F)c(F)c1F)[C@H]1C=C[C@H]2C1=C(c1ccccc1)c1ccccc1. The summed E-state index contributed by atoms with van der Waals surface area (Å²) in [6.45, 7) is 0. The van der Waals surface area contributed by atoms with Gasteiger partial charge in [0.15, 0.2) is 23.3 Å². The van der Waals surface area contributed by atoms with Crippen LogP contribution in [0.4, 0.5) is 27.6 Å². The van der Waals surface area contributed by atoms with Crippen molar-refractivity contribution in [3.63, 3.8) is 0 Å². The second-order valence-electron chi connectivity index (χ2n) is 8.98. The van der Waals surface area contributed by atoms with Gasteiger partial charge in [-0.25, -0.2) is 26.9 Å². The van der Waals surface area contributed by atoms with Crippen LogP contribution < -0.4 is 4.90 Å². The zero-order chi connectivity index (χ0) is 25.3. The van der Waals surface area contributed by atoms with Crippen LogP contribution in [0.1, 0.15) is 11.1 Å². The smallest absolute Gasteiger partial charge is 0.238 e. The summed E-state index contributed by atoms with van der Waals surface area (Å²) in [4.78, 5) is 27.0. The fourth-order valence-electron chi connectivity index (χ4n) is 5.82. The highest BCUT2D eigenvalue weighted by atomic mass is 19.2. The van der Waals surface area contributed by atoms with Crippen molar-refractivity contribution in [1.29, 1.82) is 0 Å². The van der Waals surface area contributed by atoms with Crippen molar-refractivity contribution in [2.45, 2.75) is 0 Å². The molecular weight excluding hydrogens is 477 g/mol. The van der Waals surface area contributed by atoms with Gasteiger partial charge in [0.1, 0.15) is 5.69 Å². The van der Waals surface area contributed by atoms with Gasteiger partial charge in [-0.2, -0.15) is 0 Å². The Morgan fingerprint density at radius 1 is 0.583 bits per heavy atom. The molecule has 0 unspecified atom stereocenters. The van der Waals surface area contributed by atoms with E-state index in [1.54, 1.807) is 12.2 Å². The standard InChI is InChI=1S/C28H16F5NO2/c29-21-22(30)24(32)26(25(33)23(21)31)34-27(35)19-15-11-12-16(20(19)28(34)36)18(15)17(13-7-3-1-4-8-13)14-9-5-2-6-10-14/h1-12,15-16,19-20H/t15-,16-,19+,20+/m0/s1. The van der Waals surface area contributed by atoms with E-state index in [0.717, 1.165) is 22.3 Å². The Morgan fingerprint density at radius 2 is 0.972 bits per heavy atom. The number of nitrogens with zero attached hydrogens (tertiary/aromatic N) is 1. The second kappa shape index (κ2) is 7.98. The quantitative estimate of drug-likeness (QED) is 0.152. The molecule has 0 N–H and O–H groups in total. The third kappa shape index (κ3) is 2.90. The van der Waals surface area contributed by atoms with Crippen molar-refractivity contribution in [2.75, 3.05) is 4.90 Å². The Hall–Kier alpha value is -4.07. The predicted molar refractivity (Wildman–Crippen MR) is 121 cm³/mol. The first-order valence-electron chi connectivity index (χ1n) is 11.3. The van der Waals surface area contributed by atoms with Gasteiger partial charge in [-0.3, -0.25) is 9.59 Å². The predicted octanol–water partition coefficient (Wildman–Crippen LogP) is 5.81. The fourth-order valence-corrected chi connectivity index (χ4v) is 5.82. The molecule has 4 atom stereocenters. The van der Waals surface area contributed by atoms with E-state index in [0.29, 0.717) is 0 Å². The number of allylic oxidation sites excluding steroid dienone is 3. The maximum atomic E-state index is 14.5. The molecule has 1 heterocycles. The number of fused-ring (bicyclic) bond motifs is 5. The number of carbonyl (C=O) groups is 2. The monoisotopic (exact) mass is 493 g/mol. The van der Waals surface area contributed by atoms with Gasteiger partial charge in [0, 0.05) is 11.8 Å². The zero-order valence-corrected chi connectivity index (χ0v) is 18.4. The number of carbonyl (C=O) groups excluding carboxylic acids is 2. The number of hydrogen-bond acceptors (Lipinski definition) is 2. The molecule has 180 valence electrons. The Balaban J connectivity index is 1.51. The van der Waals surface area contributed by atoms with Crippen LogP contribution in [0.2, 0.25) is 0 Å². The van der Waals surface area contributed by atoms with Crippen LogP contribution in [-0.2, 0) is 9.59 Å². The summed E-state index contributed by atoms with van der Waals surface area (Å²) in [7, 11) is 0. The van der Waals surface area contributed by atoms with E-state index in [4.69, 9.17) is 0 Å². The molecule has 1 aliphatic heterocycles. The van der Waals surface area contributed by atoms with E-state index in [-0.39, 0.29) is 4.90 Å². The largest absolute Gasteiger partial charge is 0.274 e. The average molecular weight is 493 g/mol. The summed E-state index contributed by atoms with van der Waals surface area (Å²) >= 11 is 0. The van der Waals surface area contributed by atoms with Crippen LogP contribution in [0.5, 0.6) is 0 Å². The first-order chi connectivity index (χ1) is 17.3. The van der Waals surface area contributed by atoms with Crippen LogP contribution >= 0.6 is 0 Å². The Kier molecular flexibility index (Phi) is 4.96. The molecule has 2 amide bonds. The molecule has 0 aromatic heterocycles. The maximum absolute atomic E-state index is 14.5. The molecule has 0 spiro atoms. The number of benzene rings is 3. The Bertz CT molecular complexity index is 1390. The number of imide groups is 1. The molecule has 3 nitrogen and oxygen atoms in total. The van der Waals surface area contributed by atoms with Crippen molar-refractivity contribution in [1.82, 2.24) is 0 Å². The molecule has 2 aliphatic carbocycles. The van der Waals surface area contributed by atoms with Crippen molar-refractivity contribution in [2.24, 2.45) is 23.7 Å². The summed E-state index contributed by atoms with van der Waals surface area (Å²) in [6, 6.07) is 18.8. The van der Waals surface area contributed by atoms with E-state index in [1.165, 1.54) is 0 Å². The summed E-state index contributed by atoms with van der Waals surface area (Å²) in [5, 5.41) is 0. The molecule has 8 heteroatoms. The minimum atomic E-state index is -2.35. The lowest BCUT2D eigenvalue weighted by molar-refractivity contribution is -0.123. The average Bonchev–Trinajstić information content (AvgIpc) is 3.53. The third-order valence-corrected chi connectivity index (χ3v) is 7.24. The van der Waals surface area contributed by atoms with E-state index < -0.39 is 70.3 Å².